The predicted octanol–water partition coefficient (Wildman–Crippen LogP) is -0.432. The molecule has 21 atom stereocenters. The summed E-state index contributed by atoms with van der Waals surface area (Å²) in [6.45, 7) is 6.11. The van der Waals surface area contributed by atoms with Crippen molar-refractivity contribution in [2.75, 3.05) is 59.8 Å². The average molecular weight is 1550 g/mol. The van der Waals surface area contributed by atoms with Crippen LogP contribution in [0.15, 0.2) is 109 Å². The van der Waals surface area contributed by atoms with Gasteiger partial charge in [0, 0.05) is 75.8 Å². The zero-order valence-corrected chi connectivity index (χ0v) is 63.1. The molecule has 0 saturated carbocycles. The van der Waals surface area contributed by atoms with E-state index in [0.29, 0.717) is 24.2 Å². The van der Waals surface area contributed by atoms with Gasteiger partial charge < -0.3 is 128 Å². The van der Waals surface area contributed by atoms with Gasteiger partial charge in [-0.15, -0.1) is 0 Å². The van der Waals surface area contributed by atoms with Gasteiger partial charge in [-0.3, -0.25) is 43.2 Å². The lowest BCUT2D eigenvalue weighted by Crippen LogP contribution is -2.62. The summed E-state index contributed by atoms with van der Waals surface area (Å²) in [7, 11) is 8.86. The van der Waals surface area contributed by atoms with Crippen LogP contribution < -0.4 is 27.4 Å². The number of allylic oxidation sites excluding steroid dienone is 12. The molecule has 3 heterocycles. The molecule has 1 aromatic carbocycles. The molecule has 0 aliphatic carbocycles. The fourth-order valence-electron chi connectivity index (χ4n) is 11.7. The molecule has 16 unspecified atom stereocenters. The highest BCUT2D eigenvalue weighted by atomic mass is 16.7. The van der Waals surface area contributed by atoms with Crippen molar-refractivity contribution in [1.29, 1.82) is 0 Å². The van der Waals surface area contributed by atoms with Crippen LogP contribution in [-0.2, 0) is 57.3 Å². The van der Waals surface area contributed by atoms with Gasteiger partial charge in [0.1, 0.15) is 30.1 Å². The highest BCUT2D eigenvalue weighted by Gasteiger charge is 2.51. The number of hydrogen-bond acceptors (Lipinski definition) is 28. The Kier molecular flexibility index (Phi) is 44.9. The Bertz CT molecular complexity index is 3190. The first-order valence-electron chi connectivity index (χ1n) is 35.9. The van der Waals surface area contributed by atoms with E-state index in [2.05, 4.69) is 5.32 Å². The number of cyclic esters (lactones) is 1. The van der Waals surface area contributed by atoms with Gasteiger partial charge in [-0.05, 0) is 97.4 Å². The van der Waals surface area contributed by atoms with Crippen molar-refractivity contribution in [3.8, 4) is 0 Å². The van der Waals surface area contributed by atoms with Gasteiger partial charge in [-0.25, -0.2) is 0 Å². The van der Waals surface area contributed by atoms with E-state index in [1.807, 2.05) is 38.9 Å². The molecule has 2 saturated heterocycles. The quantitative estimate of drug-likeness (QED) is 0.0517. The van der Waals surface area contributed by atoms with Gasteiger partial charge in [0.2, 0.25) is 11.8 Å². The van der Waals surface area contributed by atoms with E-state index >= 15 is 0 Å². The third-order valence-electron chi connectivity index (χ3n) is 17.6. The molecule has 0 radical (unpaired) electrons. The minimum Gasteiger partial charge on any atom is -0.481 e. The molecule has 2 amide bonds. The van der Waals surface area contributed by atoms with Crippen LogP contribution in [0, 0.1) is 17.8 Å². The summed E-state index contributed by atoms with van der Waals surface area (Å²) in [6.07, 6.45) is 1.66. The largest absolute Gasteiger partial charge is 0.481 e. The van der Waals surface area contributed by atoms with E-state index in [-0.39, 0.29) is 56.4 Å². The number of fused-ring (bicyclic) bond motifs is 2. The van der Waals surface area contributed by atoms with Crippen molar-refractivity contribution in [1.82, 2.24) is 15.1 Å². The number of aliphatic hydroxyl groups excluding tert-OH is 9. The van der Waals surface area contributed by atoms with Gasteiger partial charge in [0.15, 0.2) is 17.9 Å². The van der Waals surface area contributed by atoms with Crippen molar-refractivity contribution in [2.45, 2.75) is 220 Å². The van der Waals surface area contributed by atoms with Crippen LogP contribution >= 0.6 is 0 Å². The van der Waals surface area contributed by atoms with Crippen LogP contribution in [-0.4, -0.2) is 299 Å². The molecule has 21 N–H and O–H groups in total. The van der Waals surface area contributed by atoms with Gasteiger partial charge in [-0.1, -0.05) is 98.9 Å². The fourth-order valence-corrected chi connectivity index (χ4v) is 11.7. The second-order valence-electron chi connectivity index (χ2n) is 28.2. The number of carboxylic acids is 4. The normalized spacial score (nSPS) is 31.3. The number of carbonyl (C=O) groups is 9. The highest BCUT2D eigenvalue weighted by molar-refractivity contribution is 5.98. The number of likely N-dealkylation sites (N-methyl/N-ethyl adjacent to an activating group) is 3. The van der Waals surface area contributed by atoms with E-state index in [1.165, 1.54) is 4.90 Å². The van der Waals surface area contributed by atoms with Crippen molar-refractivity contribution < 1.29 is 134 Å². The SMILES string of the molecule is CC1\C=C/C=C/C=C/C=C/C=C/C=C/C=C/C(O[C@@H]2O[C@H](C)[C@@H](O)[C@H](N)[C@@H]2O)CC2OC(O)(CC(O)CC(O)CC(O)CC(O)CC(=O)CC(O)CC(=O)OC1C(C)CCC(O)CC(=O)c1ccc(N(C)C(=O)CN(C)C)cc1)CC(O)C2C(=O)NCCN(C)C.NC(CC(=O)O)C(=O)O.NC(CC(=O)O)C(=O)O. The lowest BCUT2D eigenvalue weighted by molar-refractivity contribution is -0.307. The summed E-state index contributed by atoms with van der Waals surface area (Å²) in [6, 6.07) is 2.82. The number of anilines is 1. The molecule has 3 aliphatic heterocycles. The van der Waals surface area contributed by atoms with E-state index in [4.69, 9.17) is 56.6 Å². The maximum atomic E-state index is 13.9. The number of esters is 1. The maximum absolute atomic E-state index is 13.9. The Morgan fingerprint density at radius 3 is 1.64 bits per heavy atom. The Morgan fingerprint density at radius 1 is 0.633 bits per heavy atom. The molecule has 1 aromatic rings. The molecule has 4 rings (SSSR count). The Hall–Kier alpha value is -7.69. The monoisotopic (exact) mass is 1550 g/mol. The van der Waals surface area contributed by atoms with Crippen LogP contribution in [0.2, 0.25) is 0 Å². The number of aliphatic carboxylic acids is 4. The maximum Gasteiger partial charge on any atom is 0.321 e. The average Bonchev–Trinajstić information content (AvgIpc) is 0.826. The summed E-state index contributed by atoms with van der Waals surface area (Å²) in [5, 5.41) is 146. The minimum absolute atomic E-state index is 0.124. The minimum atomic E-state index is -2.29. The zero-order chi connectivity index (χ0) is 82.4. The fraction of sp³-hybridized carbons (Fsp3) is 0.613. The number of rotatable bonds is 22. The summed E-state index contributed by atoms with van der Waals surface area (Å²) in [5.74, 6) is -11.8. The topological polar surface area (TPSA) is 574 Å². The van der Waals surface area contributed by atoms with Crippen LogP contribution in [0.5, 0.6) is 0 Å². The number of ketones is 2. The molecule has 3 aliphatic rings. The molecular weight excluding hydrogens is 1430 g/mol. The number of nitrogens with zero attached hydrogens (tertiary/aromatic N) is 3. The number of carboxylic acid groups (broad SMARTS) is 4. The number of hydrogen-bond donors (Lipinski definition) is 18. The number of Topliss-reactive ketones (excluding diaryl/α,β-unsaturated/α-hetero) is 2. The number of carbonyl (C=O) groups excluding carboxylic acids is 5. The number of amides is 2. The second kappa shape index (κ2) is 50.3. The first-order valence-corrected chi connectivity index (χ1v) is 35.9. The van der Waals surface area contributed by atoms with E-state index in [9.17, 15) is 94.2 Å². The Morgan fingerprint density at radius 2 is 1.14 bits per heavy atom. The number of nitrogens with one attached hydrogen (secondary N) is 1. The molecule has 34 nitrogen and oxygen atoms in total. The van der Waals surface area contributed by atoms with Crippen molar-refractivity contribution in [3.05, 3.63) is 115 Å². The van der Waals surface area contributed by atoms with Gasteiger partial charge in [0.25, 0.3) is 0 Å². The highest BCUT2D eigenvalue weighted by Crippen LogP contribution is 2.38. The van der Waals surface area contributed by atoms with E-state index < -0.39 is 221 Å². The summed E-state index contributed by atoms with van der Waals surface area (Å²) in [4.78, 5) is 111. The molecule has 2 bridgehead atoms. The van der Waals surface area contributed by atoms with Crippen molar-refractivity contribution in [3.63, 3.8) is 0 Å². The molecule has 0 aromatic heterocycles. The van der Waals surface area contributed by atoms with Gasteiger partial charge >= 0.3 is 29.8 Å². The third kappa shape index (κ3) is 39.2. The molecule has 0 spiro atoms. The Labute approximate surface area is 635 Å². The number of benzene rings is 1. The van der Waals surface area contributed by atoms with Crippen molar-refractivity contribution in [2.24, 2.45) is 35.0 Å². The van der Waals surface area contributed by atoms with Crippen LogP contribution in [0.4, 0.5) is 5.69 Å². The first kappa shape index (κ1) is 97.4. The van der Waals surface area contributed by atoms with Gasteiger partial charge in [-0.2, -0.15) is 0 Å². The summed E-state index contributed by atoms with van der Waals surface area (Å²) in [5.41, 5.74) is 16.8. The zero-order valence-electron chi connectivity index (χ0n) is 63.1. The predicted molar refractivity (Wildman–Crippen MR) is 397 cm³/mol. The Balaban J connectivity index is 0.00000197. The van der Waals surface area contributed by atoms with Crippen molar-refractivity contribution >= 4 is 58.9 Å². The lowest BCUT2D eigenvalue weighted by Gasteiger charge is -2.46. The molecule has 614 valence electrons. The second-order valence-corrected chi connectivity index (χ2v) is 28.2. The summed E-state index contributed by atoms with van der Waals surface area (Å²) < 4.78 is 24.3. The molecule has 34 heteroatoms. The van der Waals surface area contributed by atoms with Gasteiger partial charge in [0.05, 0.1) is 105 Å². The number of ether oxygens (including phenoxy) is 4. The molecular formula is C75H117N7O27. The standard InChI is InChI=1S/C67H103N5O19.2C4H7NO4/c1-42-21-19-17-15-13-11-9-10-12-14-16-18-20-22-54(89-66-63(85)61(68)62(84)44(3)88-66)38-57-60(65(86)69-29-30-70(4)5)56(81)40-67(87,91-57)39-53(79)35-51(77)33-49(75)31-48(74)32-50(76)34-52(78)37-59(83)90-64(42)43(2)23-28-47(73)36-55(80)45-24-26-46(27-25-45)72(8)58(82)41-71(6)7;2*5-2(4(8)9)1-3(6)7/h9-22,24-27,42-44,47-49,51-54,56-57,60-64,66,73-75,77-79,81,84-85,87H,23,28-41,68H2,1-8H3,(H,69,86);2*2H,1,5H2,(H,6,7)(H,8,9)/b10-9+,13-11+,14-12+,17-15+,18-16+,21-19-,22-20+;;/t42?,43?,44-,47?,48?,49?,51?,52?,53?,54?,56?,57?,60?,61+,62-,63+,64?,66+,67?;;/m1../s1. The van der Waals surface area contributed by atoms with Crippen LogP contribution in [0.1, 0.15) is 121 Å². The van der Waals surface area contributed by atoms with Crippen LogP contribution in [0.25, 0.3) is 0 Å². The first-order chi connectivity index (χ1) is 51.0. The van der Waals surface area contributed by atoms with E-state index in [0.717, 1.165) is 0 Å². The third-order valence-corrected chi connectivity index (χ3v) is 17.6. The number of nitrogens with two attached hydrogens (primary N) is 3. The van der Waals surface area contributed by atoms with E-state index in [1.54, 1.807) is 136 Å². The van der Waals surface area contributed by atoms with Crippen LogP contribution in [0.3, 0.4) is 0 Å². The smallest absolute Gasteiger partial charge is 0.321 e. The number of aliphatic hydroxyl groups is 10. The lowest BCUT2D eigenvalue weighted by atomic mass is 9.82. The summed E-state index contributed by atoms with van der Waals surface area (Å²) >= 11 is 0. The molecule has 109 heavy (non-hydrogen) atoms. The molecule has 2 fully saturated rings.